The number of hydrogen-bond donors (Lipinski definition) is 2. The molecule has 3 N–H and O–H groups in total. The predicted molar refractivity (Wildman–Crippen MR) is 77.2 cm³/mol. The Bertz CT molecular complexity index is 368. The summed E-state index contributed by atoms with van der Waals surface area (Å²) in [7, 11) is 0. The minimum Gasteiger partial charge on any atom is -0.494 e. The molecule has 0 heterocycles. The molecule has 18 heavy (non-hydrogen) atoms. The van der Waals surface area contributed by atoms with Crippen LogP contribution in [-0.4, -0.2) is 30.1 Å². The van der Waals surface area contributed by atoms with E-state index in [2.05, 4.69) is 5.32 Å². The van der Waals surface area contributed by atoms with Crippen LogP contribution in [0.25, 0.3) is 0 Å². The molecule has 1 amide bonds. The molecule has 0 saturated carbocycles. The molecule has 0 aliphatic rings. The Morgan fingerprint density at radius 2 is 2.11 bits per heavy atom. The van der Waals surface area contributed by atoms with E-state index in [-0.39, 0.29) is 11.2 Å². The maximum Gasteiger partial charge on any atom is 0.237 e. The molecule has 0 radical (unpaired) electrons. The first-order chi connectivity index (χ1) is 8.67. The molecule has 1 atom stereocenters. The topological polar surface area (TPSA) is 64.3 Å². The number of anilines is 1. The van der Waals surface area contributed by atoms with E-state index in [9.17, 15) is 4.79 Å². The molecule has 4 nitrogen and oxygen atoms in total. The summed E-state index contributed by atoms with van der Waals surface area (Å²) in [5.74, 6) is 1.59. The van der Waals surface area contributed by atoms with Crippen molar-refractivity contribution in [2.45, 2.75) is 19.1 Å². The number of nitrogens with one attached hydrogen (secondary N) is 1. The number of amides is 1. The van der Waals surface area contributed by atoms with Gasteiger partial charge < -0.3 is 15.8 Å². The molecule has 100 valence electrons. The van der Waals surface area contributed by atoms with Crippen molar-refractivity contribution >= 4 is 23.4 Å². The molecule has 0 aliphatic carbocycles. The molecule has 0 aliphatic heterocycles. The molecule has 0 aromatic heterocycles. The zero-order valence-corrected chi connectivity index (χ0v) is 11.6. The molecule has 0 bridgehead atoms. The highest BCUT2D eigenvalue weighted by Crippen LogP contribution is 2.17. The van der Waals surface area contributed by atoms with Gasteiger partial charge in [-0.05, 0) is 38.1 Å². The first kappa shape index (κ1) is 14.9. The van der Waals surface area contributed by atoms with Crippen molar-refractivity contribution in [3.63, 3.8) is 0 Å². The van der Waals surface area contributed by atoms with Crippen LogP contribution < -0.4 is 15.8 Å². The Kier molecular flexibility index (Phi) is 6.60. The number of ether oxygens (including phenoxy) is 1. The Labute approximate surface area is 112 Å². The number of hydrogen-bond acceptors (Lipinski definition) is 4. The van der Waals surface area contributed by atoms with Crippen molar-refractivity contribution in [2.24, 2.45) is 5.73 Å². The lowest BCUT2D eigenvalue weighted by Crippen LogP contribution is -2.23. The van der Waals surface area contributed by atoms with Crippen molar-refractivity contribution in [3.05, 3.63) is 24.3 Å². The maximum absolute atomic E-state index is 11.8. The molecule has 0 saturated heterocycles. The highest BCUT2D eigenvalue weighted by atomic mass is 32.2. The number of carbonyl (C=O) groups excluding carboxylic acids is 1. The zero-order valence-electron chi connectivity index (χ0n) is 10.8. The number of thioether (sulfide) groups is 1. The summed E-state index contributed by atoms with van der Waals surface area (Å²) in [5.41, 5.74) is 6.19. The molecular weight excluding hydrogens is 248 g/mol. The molecule has 1 rings (SSSR count). The Morgan fingerprint density at radius 3 is 2.67 bits per heavy atom. The fourth-order valence-corrected chi connectivity index (χ4v) is 2.07. The largest absolute Gasteiger partial charge is 0.494 e. The van der Waals surface area contributed by atoms with Crippen LogP contribution in [0.2, 0.25) is 0 Å². The molecule has 0 fully saturated rings. The SMILES string of the molecule is CCOc1ccc(NC(=O)C(C)SCCN)cc1. The standard InChI is InChI=1S/C13H20N2O2S/c1-3-17-12-6-4-11(5-7-12)15-13(16)10(2)18-9-8-14/h4-7,10H,3,8-9,14H2,1-2H3,(H,15,16). The normalized spacial score (nSPS) is 11.9. The van der Waals surface area contributed by atoms with Crippen LogP contribution in [0.15, 0.2) is 24.3 Å². The van der Waals surface area contributed by atoms with Gasteiger partial charge in [0.2, 0.25) is 5.91 Å². The van der Waals surface area contributed by atoms with Crippen LogP contribution >= 0.6 is 11.8 Å². The Balaban J connectivity index is 2.48. The quantitative estimate of drug-likeness (QED) is 0.795. The second kappa shape index (κ2) is 8.00. The van der Waals surface area contributed by atoms with Crippen molar-refractivity contribution < 1.29 is 9.53 Å². The predicted octanol–water partition coefficient (Wildman–Crippen LogP) is 2.10. The highest BCUT2D eigenvalue weighted by molar-refractivity contribution is 8.00. The summed E-state index contributed by atoms with van der Waals surface area (Å²) >= 11 is 1.55. The summed E-state index contributed by atoms with van der Waals surface area (Å²) in [5, 5.41) is 2.77. The smallest absolute Gasteiger partial charge is 0.237 e. The first-order valence-corrected chi connectivity index (χ1v) is 7.07. The van der Waals surface area contributed by atoms with Gasteiger partial charge in [0.1, 0.15) is 5.75 Å². The monoisotopic (exact) mass is 268 g/mol. The lowest BCUT2D eigenvalue weighted by atomic mass is 10.3. The summed E-state index contributed by atoms with van der Waals surface area (Å²) < 4.78 is 5.34. The molecule has 1 aromatic carbocycles. The van der Waals surface area contributed by atoms with E-state index in [0.717, 1.165) is 17.2 Å². The molecule has 0 spiro atoms. The van der Waals surface area contributed by atoms with Gasteiger partial charge in [-0.15, -0.1) is 11.8 Å². The van der Waals surface area contributed by atoms with Gasteiger partial charge in [-0.3, -0.25) is 4.79 Å². The van der Waals surface area contributed by atoms with Gasteiger partial charge in [0, 0.05) is 18.0 Å². The Hall–Kier alpha value is -1.20. The van der Waals surface area contributed by atoms with Gasteiger partial charge in [0.25, 0.3) is 0 Å². The van der Waals surface area contributed by atoms with Crippen LogP contribution in [-0.2, 0) is 4.79 Å². The third kappa shape index (κ3) is 4.98. The number of carbonyl (C=O) groups is 1. The molecule has 5 heteroatoms. The fraction of sp³-hybridized carbons (Fsp3) is 0.462. The second-order valence-corrected chi connectivity index (χ2v) is 5.20. The van der Waals surface area contributed by atoms with Gasteiger partial charge >= 0.3 is 0 Å². The second-order valence-electron chi connectivity index (χ2n) is 3.75. The van der Waals surface area contributed by atoms with E-state index >= 15 is 0 Å². The van der Waals surface area contributed by atoms with E-state index in [1.165, 1.54) is 0 Å². The van der Waals surface area contributed by atoms with Crippen LogP contribution in [0, 0.1) is 0 Å². The maximum atomic E-state index is 11.8. The molecule has 1 aromatic rings. The van der Waals surface area contributed by atoms with Crippen molar-refractivity contribution in [2.75, 3.05) is 24.2 Å². The summed E-state index contributed by atoms with van der Waals surface area (Å²) in [6, 6.07) is 7.36. The lowest BCUT2D eigenvalue weighted by molar-refractivity contribution is -0.115. The Morgan fingerprint density at radius 1 is 1.44 bits per heavy atom. The average Bonchev–Trinajstić information content (AvgIpc) is 2.38. The van der Waals surface area contributed by atoms with E-state index in [1.807, 2.05) is 38.1 Å². The van der Waals surface area contributed by atoms with Crippen molar-refractivity contribution in [3.8, 4) is 5.75 Å². The number of nitrogens with two attached hydrogens (primary N) is 1. The molecular formula is C13H20N2O2S. The average molecular weight is 268 g/mol. The minimum atomic E-state index is -0.0971. The zero-order chi connectivity index (χ0) is 13.4. The van der Waals surface area contributed by atoms with Gasteiger partial charge in [-0.2, -0.15) is 0 Å². The number of benzene rings is 1. The summed E-state index contributed by atoms with van der Waals surface area (Å²) in [6.07, 6.45) is 0. The van der Waals surface area contributed by atoms with E-state index in [4.69, 9.17) is 10.5 Å². The van der Waals surface area contributed by atoms with Crippen LogP contribution in [0.1, 0.15) is 13.8 Å². The van der Waals surface area contributed by atoms with E-state index in [0.29, 0.717) is 13.2 Å². The van der Waals surface area contributed by atoms with Gasteiger partial charge in [-0.25, -0.2) is 0 Å². The summed E-state index contributed by atoms with van der Waals surface area (Å²) in [6.45, 7) is 5.04. The van der Waals surface area contributed by atoms with Gasteiger partial charge in [0.05, 0.1) is 11.9 Å². The lowest BCUT2D eigenvalue weighted by Gasteiger charge is -2.11. The highest BCUT2D eigenvalue weighted by Gasteiger charge is 2.12. The number of rotatable bonds is 7. The van der Waals surface area contributed by atoms with E-state index < -0.39 is 0 Å². The third-order valence-electron chi connectivity index (χ3n) is 2.29. The third-order valence-corrected chi connectivity index (χ3v) is 3.47. The van der Waals surface area contributed by atoms with Gasteiger partial charge in [-0.1, -0.05) is 0 Å². The van der Waals surface area contributed by atoms with Crippen molar-refractivity contribution in [1.29, 1.82) is 0 Å². The van der Waals surface area contributed by atoms with Gasteiger partial charge in [0.15, 0.2) is 0 Å². The van der Waals surface area contributed by atoms with Crippen LogP contribution in [0.4, 0.5) is 5.69 Å². The van der Waals surface area contributed by atoms with Crippen LogP contribution in [0.5, 0.6) is 5.75 Å². The molecule has 1 unspecified atom stereocenters. The minimum absolute atomic E-state index is 0.00221. The fourth-order valence-electron chi connectivity index (χ4n) is 1.37. The van der Waals surface area contributed by atoms with Crippen molar-refractivity contribution in [1.82, 2.24) is 0 Å². The first-order valence-electron chi connectivity index (χ1n) is 6.02. The summed E-state index contributed by atoms with van der Waals surface area (Å²) in [4.78, 5) is 11.8. The van der Waals surface area contributed by atoms with Crippen LogP contribution in [0.3, 0.4) is 0 Å². The van der Waals surface area contributed by atoms with E-state index in [1.54, 1.807) is 11.8 Å².